The maximum Gasteiger partial charge on any atom is 0.237 e. The van der Waals surface area contributed by atoms with Crippen LogP contribution < -0.4 is 20.1 Å². The number of likely N-dealkylation sites (tertiary alicyclic amines) is 1. The first kappa shape index (κ1) is 34.0. The van der Waals surface area contributed by atoms with Crippen molar-refractivity contribution >= 4 is 29.1 Å². The molecule has 1 atom stereocenters. The van der Waals surface area contributed by atoms with E-state index in [0.717, 1.165) is 36.3 Å². The lowest BCUT2D eigenvalue weighted by atomic mass is 9.84. The Morgan fingerprint density at radius 3 is 1.98 bits per heavy atom. The van der Waals surface area contributed by atoms with Crippen molar-refractivity contribution in [2.75, 3.05) is 33.9 Å². The van der Waals surface area contributed by atoms with Gasteiger partial charge in [0.2, 0.25) is 17.7 Å². The van der Waals surface area contributed by atoms with Crippen molar-refractivity contribution in [1.29, 1.82) is 0 Å². The van der Waals surface area contributed by atoms with Gasteiger partial charge in [-0.1, -0.05) is 59.6 Å². The van der Waals surface area contributed by atoms with Gasteiger partial charge in [0, 0.05) is 73.4 Å². The van der Waals surface area contributed by atoms with Gasteiger partial charge in [-0.2, -0.15) is 0 Å². The molecule has 3 N–H and O–H groups in total. The smallest absolute Gasteiger partial charge is 0.237 e. The predicted molar refractivity (Wildman–Crippen MR) is 185 cm³/mol. The lowest BCUT2D eigenvalue weighted by Crippen LogP contribution is -2.55. The van der Waals surface area contributed by atoms with Crippen molar-refractivity contribution in [1.82, 2.24) is 35.5 Å². The number of nitrogens with zero attached hydrogens (tertiary/aromatic N) is 5. The van der Waals surface area contributed by atoms with Gasteiger partial charge in [-0.15, -0.1) is 0 Å². The summed E-state index contributed by atoms with van der Waals surface area (Å²) in [5, 5.41) is 17.5. The number of nitrogens with one attached hydrogen (secondary N) is 2. The first-order chi connectivity index (χ1) is 23.0. The summed E-state index contributed by atoms with van der Waals surface area (Å²) in [7, 11) is 3.13. The number of methoxy groups -OCH3 is 2. The Morgan fingerprint density at radius 2 is 1.46 bits per heavy atom. The predicted octanol–water partition coefficient (Wildman–Crippen LogP) is 5.16. The molecule has 0 aliphatic carbocycles. The molecule has 0 spiro atoms. The fourth-order valence-corrected chi connectivity index (χ4v) is 6.69. The van der Waals surface area contributed by atoms with E-state index < -0.39 is 5.60 Å². The van der Waals surface area contributed by atoms with Gasteiger partial charge in [0.15, 0.2) is 0 Å². The van der Waals surface area contributed by atoms with Crippen LogP contribution in [-0.4, -0.2) is 81.3 Å². The van der Waals surface area contributed by atoms with Crippen molar-refractivity contribution < 1.29 is 19.4 Å². The van der Waals surface area contributed by atoms with Gasteiger partial charge in [0.1, 0.15) is 11.4 Å². The van der Waals surface area contributed by atoms with E-state index in [4.69, 9.17) is 47.6 Å². The van der Waals surface area contributed by atoms with Crippen LogP contribution in [0.25, 0.3) is 33.6 Å². The number of aromatic nitrogens is 4. The quantitative estimate of drug-likeness (QED) is 0.183. The molecule has 2 saturated heterocycles. The second-order valence-electron chi connectivity index (χ2n) is 12.7. The Labute approximate surface area is 290 Å². The van der Waals surface area contributed by atoms with Crippen molar-refractivity contribution in [2.24, 2.45) is 5.92 Å². The molecule has 2 aromatic carbocycles. The Kier molecular flexibility index (Phi) is 10.1. The molecule has 0 radical (unpaired) electrons. The second kappa shape index (κ2) is 14.3. The van der Waals surface area contributed by atoms with E-state index in [1.165, 1.54) is 0 Å². The Hall–Kier alpha value is -3.87. The molecule has 0 saturated carbocycles. The van der Waals surface area contributed by atoms with Crippen LogP contribution in [-0.2, 0) is 17.9 Å². The first-order valence-corrected chi connectivity index (χ1v) is 16.6. The maximum absolute atomic E-state index is 11.5. The maximum atomic E-state index is 11.5. The van der Waals surface area contributed by atoms with Crippen LogP contribution >= 0.6 is 23.2 Å². The molecule has 2 fully saturated rings. The summed E-state index contributed by atoms with van der Waals surface area (Å²) in [6.07, 6.45) is 4.75. The zero-order valence-corrected chi connectivity index (χ0v) is 28.9. The number of carbonyl (C=O) groups is 1. The minimum Gasteiger partial charge on any atom is -0.480 e. The van der Waals surface area contributed by atoms with Gasteiger partial charge in [0.05, 0.1) is 53.6 Å². The van der Waals surface area contributed by atoms with Gasteiger partial charge in [-0.25, -0.2) is 9.97 Å². The molecule has 2 aromatic heterocycles. The highest BCUT2D eigenvalue weighted by molar-refractivity contribution is 6.39. The molecular formula is C35H39Cl2N7O4. The third-order valence-electron chi connectivity index (χ3n) is 8.95. The molecule has 4 aromatic rings. The third kappa shape index (κ3) is 7.25. The zero-order valence-electron chi connectivity index (χ0n) is 27.4. The van der Waals surface area contributed by atoms with Crippen molar-refractivity contribution in [3.05, 3.63) is 70.2 Å². The van der Waals surface area contributed by atoms with Gasteiger partial charge < -0.3 is 25.2 Å². The number of halogens is 2. The van der Waals surface area contributed by atoms with Gasteiger partial charge >= 0.3 is 0 Å². The lowest BCUT2D eigenvalue weighted by Gasteiger charge is -2.45. The van der Waals surface area contributed by atoms with E-state index in [-0.39, 0.29) is 17.9 Å². The van der Waals surface area contributed by atoms with Gasteiger partial charge in [-0.3, -0.25) is 19.7 Å². The van der Waals surface area contributed by atoms with Crippen LogP contribution in [0.3, 0.4) is 0 Å². The van der Waals surface area contributed by atoms with E-state index in [1.54, 1.807) is 26.6 Å². The zero-order chi connectivity index (χ0) is 34.0. The summed E-state index contributed by atoms with van der Waals surface area (Å²) in [5.41, 5.74) is 4.61. The Morgan fingerprint density at radius 1 is 0.917 bits per heavy atom. The second-order valence-corrected chi connectivity index (χ2v) is 13.5. The molecule has 6 rings (SSSR count). The average molecular weight is 693 g/mol. The minimum atomic E-state index is -0.708. The summed E-state index contributed by atoms with van der Waals surface area (Å²) in [4.78, 5) is 32.5. The highest BCUT2D eigenvalue weighted by Gasteiger charge is 2.37. The number of hydrogen-bond acceptors (Lipinski definition) is 10. The molecular weight excluding hydrogens is 653 g/mol. The number of ether oxygens (including phenoxy) is 2. The standard InChI is InChI=1S/C35H39Cl2N7O4/c1-35(2,46)20-17-44(18-20)19-29-34(48-4)43-27(16-40-29)25-10-6-8-23(32(25)37)22-7-5-9-24(31(22)36)26-15-39-28(33(42-26)47-3)14-38-13-21-11-12-30(45)41-21/h5-10,15-16,20-21,38,46H,11-14,17-19H2,1-4H3,(H,41,45)/t21-/m0/s1. The summed E-state index contributed by atoms with van der Waals surface area (Å²) in [5.74, 6) is 1.12. The van der Waals surface area contributed by atoms with Crippen LogP contribution in [0.2, 0.25) is 10.0 Å². The van der Waals surface area contributed by atoms with Crippen LogP contribution in [0.1, 0.15) is 38.1 Å². The number of amides is 1. The number of benzene rings is 2. The number of aliphatic hydroxyl groups is 1. The Bertz CT molecular complexity index is 1810. The van der Waals surface area contributed by atoms with E-state index in [1.807, 2.05) is 50.2 Å². The fraction of sp³-hybridized carbons (Fsp3) is 0.400. The van der Waals surface area contributed by atoms with E-state index in [2.05, 4.69) is 20.5 Å². The average Bonchev–Trinajstić information content (AvgIpc) is 3.47. The molecule has 1 amide bonds. The van der Waals surface area contributed by atoms with Crippen molar-refractivity contribution in [2.45, 2.75) is 51.4 Å². The topological polar surface area (TPSA) is 135 Å². The van der Waals surface area contributed by atoms with E-state index in [9.17, 15) is 9.90 Å². The van der Waals surface area contributed by atoms with Crippen LogP contribution in [0.5, 0.6) is 11.8 Å². The molecule has 252 valence electrons. The highest BCUT2D eigenvalue weighted by Crippen LogP contribution is 2.42. The Balaban J connectivity index is 1.22. The third-order valence-corrected chi connectivity index (χ3v) is 9.76. The largest absolute Gasteiger partial charge is 0.480 e. The monoisotopic (exact) mass is 691 g/mol. The molecule has 0 bridgehead atoms. The summed E-state index contributed by atoms with van der Waals surface area (Å²) in [6.45, 7) is 6.90. The number of carbonyl (C=O) groups excluding carboxylic acids is 1. The van der Waals surface area contributed by atoms with Crippen LogP contribution in [0.15, 0.2) is 48.8 Å². The molecule has 4 heterocycles. The summed E-state index contributed by atoms with van der Waals surface area (Å²) < 4.78 is 11.2. The summed E-state index contributed by atoms with van der Waals surface area (Å²) in [6, 6.07) is 11.5. The normalized spacial score (nSPS) is 16.9. The molecule has 48 heavy (non-hydrogen) atoms. The lowest BCUT2D eigenvalue weighted by molar-refractivity contribution is -0.119. The fourth-order valence-electron chi connectivity index (χ4n) is 6.04. The van der Waals surface area contributed by atoms with Crippen molar-refractivity contribution in [3.63, 3.8) is 0 Å². The van der Waals surface area contributed by atoms with E-state index in [0.29, 0.717) is 76.1 Å². The number of rotatable bonds is 12. The first-order valence-electron chi connectivity index (χ1n) is 15.9. The molecule has 11 nitrogen and oxygen atoms in total. The minimum absolute atomic E-state index is 0.0826. The SMILES string of the molecule is COc1nc(-c2cccc(-c3cccc(-c4cnc(CN5CC(C(C)(C)O)C5)c(OC)n4)c3Cl)c2Cl)cnc1CNC[C@@H]1CCC(=O)N1. The molecule has 0 unspecified atom stereocenters. The molecule has 2 aliphatic rings. The van der Waals surface area contributed by atoms with Crippen LogP contribution in [0.4, 0.5) is 0 Å². The van der Waals surface area contributed by atoms with Crippen LogP contribution in [0, 0.1) is 5.92 Å². The molecule has 2 aliphatic heterocycles. The van der Waals surface area contributed by atoms with Crippen molar-refractivity contribution in [3.8, 4) is 45.4 Å². The highest BCUT2D eigenvalue weighted by atomic mass is 35.5. The number of hydrogen-bond donors (Lipinski definition) is 3. The molecule has 13 heteroatoms. The van der Waals surface area contributed by atoms with Gasteiger partial charge in [-0.05, 0) is 20.3 Å². The van der Waals surface area contributed by atoms with Gasteiger partial charge in [0.25, 0.3) is 0 Å². The summed E-state index contributed by atoms with van der Waals surface area (Å²) >= 11 is 14.1. The van der Waals surface area contributed by atoms with E-state index >= 15 is 0 Å².